The third kappa shape index (κ3) is 4.92. The van der Waals surface area contributed by atoms with Gasteiger partial charge in [0, 0.05) is 13.1 Å². The van der Waals surface area contributed by atoms with Gasteiger partial charge in [0.05, 0.1) is 17.2 Å². The minimum atomic E-state index is -0.528. The van der Waals surface area contributed by atoms with Crippen molar-refractivity contribution in [1.82, 2.24) is 9.47 Å². The van der Waals surface area contributed by atoms with Crippen LogP contribution in [0.2, 0.25) is 0 Å². The molecule has 2 aromatic rings. The first kappa shape index (κ1) is 20.1. The van der Waals surface area contributed by atoms with E-state index in [9.17, 15) is 14.4 Å². The molecular formula is C18H22N2O4S2. The number of carbonyl (C=O) groups is 2. The van der Waals surface area contributed by atoms with Crippen LogP contribution in [0.4, 0.5) is 0 Å². The standard InChI is InChI=1S/C18H22N2O4S2/c1-4-19(5-2)15(21)11-20-16(10-17(22)24-6-3)26-14(18(20)23)9-13-7-8-25-12-13/h7-10,12H,4-6,11H2,1-3H3/b14-9-,16-10-. The lowest BCUT2D eigenvalue weighted by molar-refractivity contribution is -0.135. The van der Waals surface area contributed by atoms with E-state index in [0.29, 0.717) is 22.3 Å². The third-order valence-electron chi connectivity index (χ3n) is 3.71. The van der Waals surface area contributed by atoms with E-state index in [1.807, 2.05) is 30.7 Å². The Balaban J connectivity index is 2.53. The summed E-state index contributed by atoms with van der Waals surface area (Å²) in [7, 11) is 0. The van der Waals surface area contributed by atoms with Crippen LogP contribution < -0.4 is 14.8 Å². The predicted molar refractivity (Wildman–Crippen MR) is 105 cm³/mol. The van der Waals surface area contributed by atoms with E-state index in [-0.39, 0.29) is 24.6 Å². The fraction of sp³-hybridized carbons (Fsp3) is 0.389. The molecule has 0 aliphatic heterocycles. The van der Waals surface area contributed by atoms with Gasteiger partial charge in [0.25, 0.3) is 5.56 Å². The maximum absolute atomic E-state index is 12.8. The summed E-state index contributed by atoms with van der Waals surface area (Å²) in [5.74, 6) is -0.685. The maximum atomic E-state index is 12.8. The van der Waals surface area contributed by atoms with Crippen molar-refractivity contribution in [3.63, 3.8) is 0 Å². The van der Waals surface area contributed by atoms with Gasteiger partial charge in [-0.3, -0.25) is 14.2 Å². The van der Waals surface area contributed by atoms with E-state index in [4.69, 9.17) is 4.74 Å². The molecule has 26 heavy (non-hydrogen) atoms. The number of thiazole rings is 1. The fourth-order valence-corrected chi connectivity index (χ4v) is 4.05. The molecule has 8 heteroatoms. The smallest absolute Gasteiger partial charge is 0.333 e. The molecule has 0 radical (unpaired) electrons. The minimum Gasteiger partial charge on any atom is -0.463 e. The van der Waals surface area contributed by atoms with Crippen LogP contribution in [0.1, 0.15) is 26.3 Å². The minimum absolute atomic E-state index is 0.0975. The number of amides is 1. The van der Waals surface area contributed by atoms with Crippen LogP contribution in [0, 0.1) is 0 Å². The summed E-state index contributed by atoms with van der Waals surface area (Å²) < 4.78 is 7.18. The molecule has 0 spiro atoms. The second-order valence-electron chi connectivity index (χ2n) is 5.36. The summed E-state index contributed by atoms with van der Waals surface area (Å²) in [6.45, 7) is 6.78. The van der Waals surface area contributed by atoms with Gasteiger partial charge in [-0.05, 0) is 49.2 Å². The number of esters is 1. The second-order valence-corrected chi connectivity index (χ2v) is 7.20. The molecule has 0 aliphatic rings. The van der Waals surface area contributed by atoms with E-state index in [2.05, 4.69) is 0 Å². The Morgan fingerprint density at radius 1 is 1.27 bits per heavy atom. The lowest BCUT2D eigenvalue weighted by Gasteiger charge is -2.18. The van der Waals surface area contributed by atoms with E-state index < -0.39 is 5.97 Å². The highest BCUT2D eigenvalue weighted by Crippen LogP contribution is 2.05. The zero-order valence-electron chi connectivity index (χ0n) is 15.1. The van der Waals surface area contributed by atoms with Crippen LogP contribution in [0.3, 0.4) is 0 Å². The van der Waals surface area contributed by atoms with E-state index in [1.165, 1.54) is 33.3 Å². The number of thiophene rings is 1. The Kier molecular flexibility index (Phi) is 7.35. The molecule has 0 saturated heterocycles. The molecule has 0 saturated carbocycles. The summed E-state index contributed by atoms with van der Waals surface area (Å²) in [6, 6.07) is 1.91. The molecule has 0 atom stereocenters. The van der Waals surface area contributed by atoms with Gasteiger partial charge in [0.15, 0.2) is 0 Å². The fourth-order valence-electron chi connectivity index (χ4n) is 2.40. The van der Waals surface area contributed by atoms with E-state index in [1.54, 1.807) is 17.9 Å². The van der Waals surface area contributed by atoms with Crippen molar-refractivity contribution in [2.45, 2.75) is 27.3 Å². The molecule has 0 fully saturated rings. The van der Waals surface area contributed by atoms with Crippen molar-refractivity contribution in [1.29, 1.82) is 0 Å². The van der Waals surface area contributed by atoms with E-state index >= 15 is 0 Å². The van der Waals surface area contributed by atoms with Gasteiger partial charge in [0.2, 0.25) is 5.91 Å². The zero-order valence-corrected chi connectivity index (χ0v) is 16.7. The number of likely N-dealkylation sites (N-methyl/N-ethyl adjacent to an activating group) is 1. The number of ether oxygens (including phenoxy) is 1. The van der Waals surface area contributed by atoms with Gasteiger partial charge in [-0.15, -0.1) is 11.3 Å². The summed E-state index contributed by atoms with van der Waals surface area (Å²) in [4.78, 5) is 38.7. The largest absolute Gasteiger partial charge is 0.463 e. The maximum Gasteiger partial charge on any atom is 0.333 e. The molecule has 0 aromatic carbocycles. The van der Waals surface area contributed by atoms with Crippen molar-refractivity contribution < 1.29 is 14.3 Å². The number of hydrogen-bond donors (Lipinski definition) is 0. The Morgan fingerprint density at radius 2 is 2.00 bits per heavy atom. The lowest BCUT2D eigenvalue weighted by Crippen LogP contribution is -2.40. The van der Waals surface area contributed by atoms with Gasteiger partial charge >= 0.3 is 5.97 Å². The molecule has 6 nitrogen and oxygen atoms in total. The van der Waals surface area contributed by atoms with Crippen molar-refractivity contribution in [2.75, 3.05) is 19.7 Å². The van der Waals surface area contributed by atoms with Crippen molar-refractivity contribution in [2.24, 2.45) is 0 Å². The molecule has 140 valence electrons. The first-order valence-electron chi connectivity index (χ1n) is 8.39. The van der Waals surface area contributed by atoms with Crippen molar-refractivity contribution >= 4 is 46.7 Å². The molecule has 2 rings (SSSR count). The summed E-state index contributed by atoms with van der Waals surface area (Å²) in [5, 5.41) is 3.85. The molecular weight excluding hydrogens is 372 g/mol. The lowest BCUT2D eigenvalue weighted by atomic mass is 10.3. The highest BCUT2D eigenvalue weighted by atomic mass is 32.1. The summed E-state index contributed by atoms with van der Waals surface area (Å²) in [5.41, 5.74) is 0.635. The van der Waals surface area contributed by atoms with Gasteiger partial charge in [-0.1, -0.05) is 0 Å². The predicted octanol–water partition coefficient (Wildman–Crippen LogP) is 1.01. The average molecular weight is 395 g/mol. The van der Waals surface area contributed by atoms with Crippen molar-refractivity contribution in [3.05, 3.63) is 41.9 Å². The molecule has 0 aliphatic carbocycles. The Bertz CT molecular complexity index is 922. The molecule has 1 amide bonds. The number of carbonyl (C=O) groups excluding carboxylic acids is 2. The third-order valence-corrected chi connectivity index (χ3v) is 5.48. The monoisotopic (exact) mass is 394 g/mol. The van der Waals surface area contributed by atoms with Crippen LogP contribution >= 0.6 is 22.7 Å². The van der Waals surface area contributed by atoms with Gasteiger partial charge < -0.3 is 9.64 Å². The van der Waals surface area contributed by atoms with E-state index in [0.717, 1.165) is 5.56 Å². The molecule has 2 heterocycles. The van der Waals surface area contributed by atoms with Crippen LogP contribution in [0.15, 0.2) is 21.6 Å². The summed E-state index contributed by atoms with van der Waals surface area (Å²) >= 11 is 2.72. The molecule has 0 bridgehead atoms. The highest BCUT2D eigenvalue weighted by Gasteiger charge is 2.14. The summed E-state index contributed by atoms with van der Waals surface area (Å²) in [6.07, 6.45) is 3.04. The van der Waals surface area contributed by atoms with Crippen LogP contribution in [-0.4, -0.2) is 41.0 Å². The molecule has 0 N–H and O–H groups in total. The topological polar surface area (TPSA) is 68.6 Å². The quantitative estimate of drug-likeness (QED) is 0.658. The number of rotatable bonds is 7. The number of hydrogen-bond acceptors (Lipinski definition) is 6. The Labute approximate surface area is 159 Å². The second kappa shape index (κ2) is 9.49. The number of aromatic nitrogens is 1. The van der Waals surface area contributed by atoms with Crippen LogP contribution in [0.25, 0.3) is 12.2 Å². The molecule has 2 aromatic heterocycles. The average Bonchev–Trinajstić information content (AvgIpc) is 3.21. The van der Waals surface area contributed by atoms with Gasteiger partial charge in [-0.25, -0.2) is 4.79 Å². The Hall–Kier alpha value is -2.19. The van der Waals surface area contributed by atoms with Crippen LogP contribution in [0.5, 0.6) is 0 Å². The Morgan fingerprint density at radius 3 is 2.58 bits per heavy atom. The van der Waals surface area contributed by atoms with Gasteiger partial charge in [0.1, 0.15) is 11.2 Å². The normalized spacial score (nSPS) is 12.4. The highest BCUT2D eigenvalue weighted by molar-refractivity contribution is 7.08. The van der Waals surface area contributed by atoms with Crippen LogP contribution in [-0.2, 0) is 20.9 Å². The first-order chi connectivity index (χ1) is 12.5. The molecule has 0 unspecified atom stereocenters. The zero-order chi connectivity index (χ0) is 19.1. The van der Waals surface area contributed by atoms with Crippen molar-refractivity contribution in [3.8, 4) is 0 Å². The first-order valence-corrected chi connectivity index (χ1v) is 10.2. The SMILES string of the molecule is CCOC(=O)/C=c1\s/c(=C\c2ccsc2)c(=O)n1CC(=O)N(CC)CC. The number of nitrogens with zero attached hydrogens (tertiary/aromatic N) is 2. The van der Waals surface area contributed by atoms with Gasteiger partial charge in [-0.2, -0.15) is 11.3 Å².